The van der Waals surface area contributed by atoms with Crippen molar-refractivity contribution in [2.75, 3.05) is 39.3 Å². The van der Waals surface area contributed by atoms with E-state index in [9.17, 15) is 18.7 Å². The van der Waals surface area contributed by atoms with Crippen LogP contribution in [0.2, 0.25) is 0 Å². The van der Waals surface area contributed by atoms with E-state index in [2.05, 4.69) is 11.8 Å². The molecule has 25 heavy (non-hydrogen) atoms. The van der Waals surface area contributed by atoms with Crippen molar-refractivity contribution in [2.45, 2.75) is 57.0 Å². The van der Waals surface area contributed by atoms with Crippen LogP contribution in [-0.4, -0.2) is 83.2 Å². The van der Waals surface area contributed by atoms with Crippen LogP contribution in [0.25, 0.3) is 0 Å². The highest BCUT2D eigenvalue weighted by atomic mass is 19.3. The molecule has 3 atom stereocenters. The Balaban J connectivity index is 1.30. The topological polar surface area (TPSA) is 47.0 Å². The summed E-state index contributed by atoms with van der Waals surface area (Å²) in [6.07, 6.45) is 4.36. The minimum atomic E-state index is -2.47. The van der Waals surface area contributed by atoms with Crippen LogP contribution in [0.3, 0.4) is 0 Å². The quantitative estimate of drug-likeness (QED) is 0.843. The SMILES string of the molecule is CCC1C(N2CCC(N3CC(F)(F)C3)CC2)CC12CCN(C(=O)O)C2. The zero-order chi connectivity index (χ0) is 17.8. The van der Waals surface area contributed by atoms with E-state index in [0.29, 0.717) is 31.1 Å². The number of piperidine rings is 1. The van der Waals surface area contributed by atoms with Crippen molar-refractivity contribution in [3.63, 3.8) is 0 Å². The number of carbonyl (C=O) groups is 1. The average Bonchev–Trinajstić information content (AvgIpc) is 2.99. The summed E-state index contributed by atoms with van der Waals surface area (Å²) < 4.78 is 26.1. The second-order valence-electron chi connectivity index (χ2n) is 8.63. The van der Waals surface area contributed by atoms with Gasteiger partial charge in [0.15, 0.2) is 0 Å². The van der Waals surface area contributed by atoms with Crippen LogP contribution < -0.4 is 0 Å². The molecular formula is C18H29F2N3O2. The second-order valence-corrected chi connectivity index (χ2v) is 8.63. The van der Waals surface area contributed by atoms with Gasteiger partial charge in [-0.1, -0.05) is 13.3 Å². The van der Waals surface area contributed by atoms with Gasteiger partial charge in [0.2, 0.25) is 0 Å². The number of amides is 1. The molecule has 4 rings (SSSR count). The summed E-state index contributed by atoms with van der Waals surface area (Å²) in [7, 11) is 0. The molecule has 0 radical (unpaired) electrons. The lowest BCUT2D eigenvalue weighted by atomic mass is 9.54. The minimum Gasteiger partial charge on any atom is -0.465 e. The van der Waals surface area contributed by atoms with E-state index in [-0.39, 0.29) is 18.5 Å². The third kappa shape index (κ3) is 2.93. The van der Waals surface area contributed by atoms with Gasteiger partial charge < -0.3 is 10.0 Å². The highest BCUT2D eigenvalue weighted by Gasteiger charge is 2.58. The smallest absolute Gasteiger partial charge is 0.407 e. The molecular weight excluding hydrogens is 328 g/mol. The molecule has 1 aliphatic carbocycles. The number of hydrogen-bond acceptors (Lipinski definition) is 3. The predicted octanol–water partition coefficient (Wildman–Crippen LogP) is 2.57. The van der Waals surface area contributed by atoms with Crippen LogP contribution in [0, 0.1) is 11.3 Å². The Morgan fingerprint density at radius 3 is 2.32 bits per heavy atom. The maximum absolute atomic E-state index is 13.1. The molecule has 7 heteroatoms. The molecule has 0 aromatic rings. The molecule has 142 valence electrons. The molecule has 3 saturated heterocycles. The van der Waals surface area contributed by atoms with E-state index in [1.807, 2.05) is 4.90 Å². The molecule has 5 nitrogen and oxygen atoms in total. The molecule has 4 fully saturated rings. The highest BCUT2D eigenvalue weighted by Crippen LogP contribution is 2.56. The second kappa shape index (κ2) is 6.05. The summed E-state index contributed by atoms with van der Waals surface area (Å²) in [5.74, 6) is -1.90. The van der Waals surface area contributed by atoms with Crippen molar-refractivity contribution >= 4 is 6.09 Å². The van der Waals surface area contributed by atoms with Crippen LogP contribution in [-0.2, 0) is 0 Å². The Hall–Kier alpha value is -0.950. The number of rotatable bonds is 3. The molecule has 1 N–H and O–H groups in total. The lowest BCUT2D eigenvalue weighted by Gasteiger charge is -2.58. The molecule has 1 amide bonds. The number of nitrogens with zero attached hydrogens (tertiary/aromatic N) is 3. The average molecular weight is 357 g/mol. The zero-order valence-electron chi connectivity index (χ0n) is 15.0. The number of likely N-dealkylation sites (tertiary alicyclic amines) is 3. The first-order valence-electron chi connectivity index (χ1n) is 9.67. The molecule has 1 spiro atoms. The highest BCUT2D eigenvalue weighted by molar-refractivity contribution is 5.65. The normalized spacial score (nSPS) is 39.4. The first kappa shape index (κ1) is 17.5. The maximum atomic E-state index is 13.1. The fourth-order valence-electron chi connectivity index (χ4n) is 5.96. The Bertz CT molecular complexity index is 530. The summed E-state index contributed by atoms with van der Waals surface area (Å²) in [4.78, 5) is 17.3. The van der Waals surface area contributed by atoms with Gasteiger partial charge in [0.1, 0.15) is 0 Å². The molecule has 3 unspecified atom stereocenters. The van der Waals surface area contributed by atoms with Gasteiger partial charge in [-0.2, -0.15) is 0 Å². The fraction of sp³-hybridized carbons (Fsp3) is 0.944. The van der Waals surface area contributed by atoms with E-state index in [4.69, 9.17) is 0 Å². The number of alkyl halides is 2. The zero-order valence-corrected chi connectivity index (χ0v) is 15.0. The lowest BCUT2D eigenvalue weighted by molar-refractivity contribution is -0.156. The van der Waals surface area contributed by atoms with Gasteiger partial charge in [0.25, 0.3) is 5.92 Å². The van der Waals surface area contributed by atoms with E-state index < -0.39 is 12.0 Å². The van der Waals surface area contributed by atoms with Crippen molar-refractivity contribution in [3.8, 4) is 0 Å². The van der Waals surface area contributed by atoms with E-state index in [1.54, 1.807) is 4.90 Å². The number of carboxylic acid groups (broad SMARTS) is 1. The standard InChI is InChI=1S/C18H29F2N3O2/c1-2-14-15(9-17(14)5-8-22(10-17)16(24)25)21-6-3-13(4-7-21)23-11-18(19,20)12-23/h13-15H,2-12H2,1H3,(H,24,25). The van der Waals surface area contributed by atoms with Crippen LogP contribution in [0.1, 0.15) is 39.0 Å². The number of halogens is 2. The van der Waals surface area contributed by atoms with E-state index in [1.165, 1.54) is 0 Å². The van der Waals surface area contributed by atoms with Gasteiger partial charge in [-0.3, -0.25) is 9.80 Å². The third-order valence-corrected chi connectivity index (χ3v) is 7.32. The van der Waals surface area contributed by atoms with Crippen LogP contribution >= 0.6 is 0 Å². The molecule has 0 bridgehead atoms. The first-order chi connectivity index (χ1) is 11.8. The summed E-state index contributed by atoms with van der Waals surface area (Å²) in [5.41, 5.74) is 0.189. The summed E-state index contributed by atoms with van der Waals surface area (Å²) in [6.45, 7) is 5.44. The van der Waals surface area contributed by atoms with Crippen LogP contribution in [0.5, 0.6) is 0 Å². The fourth-order valence-corrected chi connectivity index (χ4v) is 5.96. The van der Waals surface area contributed by atoms with Gasteiger partial charge in [0.05, 0.1) is 13.1 Å². The van der Waals surface area contributed by atoms with Gasteiger partial charge in [-0.15, -0.1) is 0 Å². The molecule has 3 heterocycles. The molecule has 0 aromatic carbocycles. The molecule has 3 aliphatic heterocycles. The lowest BCUT2D eigenvalue weighted by Crippen LogP contribution is -2.64. The predicted molar refractivity (Wildman–Crippen MR) is 89.9 cm³/mol. The van der Waals surface area contributed by atoms with Gasteiger partial charge >= 0.3 is 6.09 Å². The Labute approximate surface area is 147 Å². The van der Waals surface area contributed by atoms with Gasteiger partial charge in [-0.25, -0.2) is 13.6 Å². The summed E-state index contributed by atoms with van der Waals surface area (Å²) in [6, 6.07) is 0.872. The summed E-state index contributed by atoms with van der Waals surface area (Å²) >= 11 is 0. The third-order valence-electron chi connectivity index (χ3n) is 7.32. The van der Waals surface area contributed by atoms with Crippen LogP contribution in [0.4, 0.5) is 13.6 Å². The van der Waals surface area contributed by atoms with Crippen molar-refractivity contribution in [3.05, 3.63) is 0 Å². The van der Waals surface area contributed by atoms with Gasteiger partial charge in [-0.05, 0) is 50.1 Å². The monoisotopic (exact) mass is 357 g/mol. The Morgan fingerprint density at radius 1 is 1.12 bits per heavy atom. The van der Waals surface area contributed by atoms with E-state index in [0.717, 1.165) is 45.2 Å². The molecule has 1 saturated carbocycles. The van der Waals surface area contributed by atoms with Crippen LogP contribution in [0.15, 0.2) is 0 Å². The van der Waals surface area contributed by atoms with Crippen molar-refractivity contribution in [1.29, 1.82) is 0 Å². The van der Waals surface area contributed by atoms with Gasteiger partial charge in [0, 0.05) is 25.2 Å². The molecule has 4 aliphatic rings. The van der Waals surface area contributed by atoms with Crippen molar-refractivity contribution < 1.29 is 18.7 Å². The minimum absolute atomic E-state index is 0.0627. The summed E-state index contributed by atoms with van der Waals surface area (Å²) in [5, 5.41) is 9.24. The Morgan fingerprint density at radius 2 is 1.80 bits per heavy atom. The van der Waals surface area contributed by atoms with E-state index >= 15 is 0 Å². The van der Waals surface area contributed by atoms with Crippen molar-refractivity contribution in [2.24, 2.45) is 11.3 Å². The first-order valence-corrected chi connectivity index (χ1v) is 9.67. The largest absolute Gasteiger partial charge is 0.465 e. The van der Waals surface area contributed by atoms with Crippen molar-refractivity contribution in [1.82, 2.24) is 14.7 Å². The number of hydrogen-bond donors (Lipinski definition) is 1. The molecule has 0 aromatic heterocycles. The Kier molecular flexibility index (Phi) is 4.22. The maximum Gasteiger partial charge on any atom is 0.407 e.